The van der Waals surface area contributed by atoms with Crippen LogP contribution in [0.1, 0.15) is 25.7 Å². The van der Waals surface area contributed by atoms with Crippen molar-refractivity contribution in [1.29, 1.82) is 0 Å². The van der Waals surface area contributed by atoms with E-state index in [1.54, 1.807) is 0 Å². The van der Waals surface area contributed by atoms with Crippen LogP contribution in [-0.4, -0.2) is 38.6 Å². The first-order chi connectivity index (χ1) is 7.74. The molecule has 0 aromatic rings. The number of nitrogens with one attached hydrogen (secondary N) is 2. The highest BCUT2D eigenvalue weighted by molar-refractivity contribution is 5.79. The molecular formula is C11H20N2O3. The normalized spacial score (nSPS) is 20.2. The van der Waals surface area contributed by atoms with Crippen LogP contribution in [0.3, 0.4) is 0 Å². The fourth-order valence-electron chi connectivity index (χ4n) is 1.77. The van der Waals surface area contributed by atoms with Gasteiger partial charge in [-0.15, -0.1) is 0 Å². The average Bonchev–Trinajstić information content (AvgIpc) is 2.35. The number of piperidine rings is 1. The Hall–Kier alpha value is -1.10. The van der Waals surface area contributed by atoms with Gasteiger partial charge < -0.3 is 15.4 Å². The fourth-order valence-corrected chi connectivity index (χ4v) is 1.77. The van der Waals surface area contributed by atoms with Crippen LogP contribution in [-0.2, 0) is 14.3 Å². The van der Waals surface area contributed by atoms with Crippen molar-refractivity contribution in [2.24, 2.45) is 5.92 Å². The lowest BCUT2D eigenvalue weighted by Gasteiger charge is -2.21. The molecule has 1 saturated heterocycles. The number of rotatable bonds is 5. The first-order valence-electron chi connectivity index (χ1n) is 5.79. The summed E-state index contributed by atoms with van der Waals surface area (Å²) in [6, 6.07) is 0. The summed E-state index contributed by atoms with van der Waals surface area (Å²) in [5.41, 5.74) is 0. The Bertz CT molecular complexity index is 237. The minimum absolute atomic E-state index is 0.0897. The van der Waals surface area contributed by atoms with Crippen molar-refractivity contribution in [1.82, 2.24) is 10.6 Å². The topological polar surface area (TPSA) is 67.4 Å². The summed E-state index contributed by atoms with van der Waals surface area (Å²) in [5.74, 6) is -0.0440. The van der Waals surface area contributed by atoms with Gasteiger partial charge in [-0.05, 0) is 25.8 Å². The SMILES string of the molecule is COC(=O)CCCNC(=O)[C@@H]1CCCNC1. The summed E-state index contributed by atoms with van der Waals surface area (Å²) in [6.45, 7) is 2.32. The van der Waals surface area contributed by atoms with Crippen LogP contribution in [0, 0.1) is 5.92 Å². The summed E-state index contributed by atoms with van der Waals surface area (Å²) in [6.07, 6.45) is 3.01. The molecule has 16 heavy (non-hydrogen) atoms. The molecule has 1 aliphatic rings. The second kappa shape index (κ2) is 7.22. The van der Waals surface area contributed by atoms with Crippen molar-refractivity contribution in [3.8, 4) is 0 Å². The smallest absolute Gasteiger partial charge is 0.305 e. The lowest BCUT2D eigenvalue weighted by Crippen LogP contribution is -2.40. The Kier molecular flexibility index (Phi) is 5.85. The van der Waals surface area contributed by atoms with Crippen molar-refractivity contribution in [2.75, 3.05) is 26.7 Å². The molecule has 1 aliphatic heterocycles. The summed E-state index contributed by atoms with van der Waals surface area (Å²) in [4.78, 5) is 22.5. The van der Waals surface area contributed by atoms with E-state index in [1.165, 1.54) is 7.11 Å². The van der Waals surface area contributed by atoms with Crippen LogP contribution in [0.2, 0.25) is 0 Å². The van der Waals surface area contributed by atoms with Gasteiger partial charge in [0.05, 0.1) is 13.0 Å². The van der Waals surface area contributed by atoms with E-state index >= 15 is 0 Å². The first kappa shape index (κ1) is 13.0. The van der Waals surface area contributed by atoms with Crippen LogP contribution >= 0.6 is 0 Å². The molecule has 1 rings (SSSR count). The van der Waals surface area contributed by atoms with Crippen LogP contribution in [0.5, 0.6) is 0 Å². The third kappa shape index (κ3) is 4.61. The van der Waals surface area contributed by atoms with Crippen molar-refractivity contribution < 1.29 is 14.3 Å². The maximum atomic E-state index is 11.6. The number of carbonyl (C=O) groups is 2. The number of hydrogen-bond donors (Lipinski definition) is 2. The van der Waals surface area contributed by atoms with E-state index in [0.717, 1.165) is 25.9 Å². The molecule has 5 nitrogen and oxygen atoms in total. The fraction of sp³-hybridized carbons (Fsp3) is 0.818. The molecule has 0 aromatic heterocycles. The molecule has 0 unspecified atom stereocenters. The average molecular weight is 228 g/mol. The van der Waals surface area contributed by atoms with Crippen molar-refractivity contribution in [3.63, 3.8) is 0 Å². The molecule has 5 heteroatoms. The van der Waals surface area contributed by atoms with Crippen molar-refractivity contribution >= 4 is 11.9 Å². The highest BCUT2D eigenvalue weighted by Gasteiger charge is 2.20. The maximum Gasteiger partial charge on any atom is 0.305 e. The number of amides is 1. The van der Waals surface area contributed by atoms with Gasteiger partial charge in [-0.2, -0.15) is 0 Å². The van der Waals surface area contributed by atoms with Gasteiger partial charge in [-0.25, -0.2) is 0 Å². The minimum atomic E-state index is -0.228. The number of methoxy groups -OCH3 is 1. The van der Waals surface area contributed by atoms with Crippen molar-refractivity contribution in [3.05, 3.63) is 0 Å². The Morgan fingerprint density at radius 3 is 2.94 bits per heavy atom. The van der Waals surface area contributed by atoms with Gasteiger partial charge in [-0.1, -0.05) is 0 Å². The van der Waals surface area contributed by atoms with Gasteiger partial charge in [0.15, 0.2) is 0 Å². The van der Waals surface area contributed by atoms with E-state index in [0.29, 0.717) is 19.4 Å². The van der Waals surface area contributed by atoms with Crippen molar-refractivity contribution in [2.45, 2.75) is 25.7 Å². The minimum Gasteiger partial charge on any atom is -0.469 e. The quantitative estimate of drug-likeness (QED) is 0.515. The largest absolute Gasteiger partial charge is 0.469 e. The molecule has 0 bridgehead atoms. The first-order valence-corrected chi connectivity index (χ1v) is 5.79. The zero-order valence-corrected chi connectivity index (χ0v) is 9.75. The van der Waals surface area contributed by atoms with Gasteiger partial charge in [0.1, 0.15) is 0 Å². The molecule has 2 N–H and O–H groups in total. The molecular weight excluding hydrogens is 208 g/mol. The number of ether oxygens (including phenoxy) is 1. The van der Waals surface area contributed by atoms with Crippen LogP contribution in [0.25, 0.3) is 0 Å². The molecule has 1 amide bonds. The van der Waals surface area contributed by atoms with E-state index in [2.05, 4.69) is 15.4 Å². The van der Waals surface area contributed by atoms with E-state index in [4.69, 9.17) is 0 Å². The molecule has 0 aromatic carbocycles. The van der Waals surface area contributed by atoms with Crippen LogP contribution < -0.4 is 10.6 Å². The molecule has 0 aliphatic carbocycles. The van der Waals surface area contributed by atoms with E-state index in [1.807, 2.05) is 0 Å². The second-order valence-electron chi connectivity index (χ2n) is 4.01. The lowest BCUT2D eigenvalue weighted by atomic mass is 9.99. The zero-order chi connectivity index (χ0) is 11.8. The molecule has 0 radical (unpaired) electrons. The Labute approximate surface area is 95.9 Å². The second-order valence-corrected chi connectivity index (χ2v) is 4.01. The summed E-state index contributed by atoms with van der Waals surface area (Å²) >= 11 is 0. The molecule has 1 atom stereocenters. The van der Waals surface area contributed by atoms with Crippen LogP contribution in [0.4, 0.5) is 0 Å². The lowest BCUT2D eigenvalue weighted by molar-refractivity contribution is -0.140. The number of hydrogen-bond acceptors (Lipinski definition) is 4. The van der Waals surface area contributed by atoms with E-state index in [-0.39, 0.29) is 17.8 Å². The Balaban J connectivity index is 2.07. The predicted octanol–water partition coefficient (Wildman–Crippen LogP) is 0.0554. The Morgan fingerprint density at radius 1 is 1.50 bits per heavy atom. The highest BCUT2D eigenvalue weighted by Crippen LogP contribution is 2.09. The zero-order valence-electron chi connectivity index (χ0n) is 9.75. The predicted molar refractivity (Wildman–Crippen MR) is 59.9 cm³/mol. The molecule has 0 spiro atoms. The van der Waals surface area contributed by atoms with E-state index in [9.17, 15) is 9.59 Å². The van der Waals surface area contributed by atoms with Gasteiger partial charge in [-0.3, -0.25) is 9.59 Å². The van der Waals surface area contributed by atoms with Gasteiger partial charge in [0, 0.05) is 19.5 Å². The monoisotopic (exact) mass is 228 g/mol. The Morgan fingerprint density at radius 2 is 2.31 bits per heavy atom. The summed E-state index contributed by atoms with van der Waals surface area (Å²) < 4.78 is 4.51. The number of esters is 1. The summed E-state index contributed by atoms with van der Waals surface area (Å²) in [7, 11) is 1.37. The van der Waals surface area contributed by atoms with E-state index < -0.39 is 0 Å². The molecule has 92 valence electrons. The van der Waals surface area contributed by atoms with Gasteiger partial charge in [0.2, 0.25) is 5.91 Å². The summed E-state index contributed by atoms with van der Waals surface area (Å²) in [5, 5.41) is 6.04. The third-order valence-corrected chi connectivity index (χ3v) is 2.75. The molecule has 1 fully saturated rings. The maximum absolute atomic E-state index is 11.6. The number of carbonyl (C=O) groups excluding carboxylic acids is 2. The van der Waals surface area contributed by atoms with Gasteiger partial charge >= 0.3 is 5.97 Å². The van der Waals surface area contributed by atoms with Gasteiger partial charge in [0.25, 0.3) is 0 Å². The third-order valence-electron chi connectivity index (χ3n) is 2.75. The standard InChI is InChI=1S/C11H20N2O3/c1-16-10(14)5-3-7-13-11(15)9-4-2-6-12-8-9/h9,12H,2-8H2,1H3,(H,13,15)/t9-/m1/s1. The molecule has 1 heterocycles. The molecule has 0 saturated carbocycles. The van der Waals surface area contributed by atoms with Crippen LogP contribution in [0.15, 0.2) is 0 Å². The highest BCUT2D eigenvalue weighted by atomic mass is 16.5.